The monoisotopic (exact) mass is 483 g/mol. The van der Waals surface area contributed by atoms with Crippen LogP contribution < -0.4 is 14.8 Å². The molecule has 1 aliphatic heterocycles. The van der Waals surface area contributed by atoms with Gasteiger partial charge in [-0.2, -0.15) is 13.2 Å². The highest BCUT2D eigenvalue weighted by Crippen LogP contribution is 2.36. The van der Waals surface area contributed by atoms with Gasteiger partial charge in [-0.15, -0.1) is 10.2 Å². The second-order valence-electron chi connectivity index (χ2n) is 7.87. The lowest BCUT2D eigenvalue weighted by molar-refractivity contribution is -0.137. The van der Waals surface area contributed by atoms with E-state index >= 15 is 0 Å². The molecule has 0 bridgehead atoms. The molecule has 10 heteroatoms. The van der Waals surface area contributed by atoms with Gasteiger partial charge in [-0.1, -0.05) is 30.3 Å². The van der Waals surface area contributed by atoms with E-state index in [1.807, 2.05) is 0 Å². The highest BCUT2D eigenvalue weighted by molar-refractivity contribution is 6.08. The summed E-state index contributed by atoms with van der Waals surface area (Å²) in [5.74, 6) is -1.09. The van der Waals surface area contributed by atoms with Crippen molar-refractivity contribution in [3.8, 4) is 17.4 Å². The van der Waals surface area contributed by atoms with Crippen molar-refractivity contribution in [1.29, 1.82) is 0 Å². The minimum atomic E-state index is -4.56. The zero-order valence-electron chi connectivity index (χ0n) is 18.0. The Balaban J connectivity index is 1.52. The highest BCUT2D eigenvalue weighted by atomic mass is 19.4. The van der Waals surface area contributed by atoms with E-state index in [0.29, 0.717) is 28.6 Å². The average molecular weight is 483 g/mol. The number of carbonyl (C=O) groups excluding carboxylic acids is 1. The van der Waals surface area contributed by atoms with Gasteiger partial charge in [-0.05, 0) is 30.3 Å². The molecule has 0 aliphatic carbocycles. The Bertz CT molecular complexity index is 1420. The molecule has 178 valence electrons. The molecule has 3 aromatic carbocycles. The number of benzene rings is 3. The van der Waals surface area contributed by atoms with Gasteiger partial charge in [0.25, 0.3) is 11.8 Å². The first-order chi connectivity index (χ1) is 16.8. The minimum absolute atomic E-state index is 0.0168. The van der Waals surface area contributed by atoms with Crippen LogP contribution in [0, 0.1) is 5.82 Å². The van der Waals surface area contributed by atoms with Gasteiger partial charge in [0.15, 0.2) is 0 Å². The Morgan fingerprint density at radius 1 is 1.03 bits per heavy atom. The van der Waals surface area contributed by atoms with Crippen molar-refractivity contribution in [3.05, 3.63) is 89.2 Å². The Labute approximate surface area is 196 Å². The topological polar surface area (TPSA) is 73.3 Å². The van der Waals surface area contributed by atoms with E-state index in [0.717, 1.165) is 12.1 Å². The first kappa shape index (κ1) is 22.6. The van der Waals surface area contributed by atoms with Crippen LogP contribution in [0.25, 0.3) is 10.9 Å². The second-order valence-corrected chi connectivity index (χ2v) is 7.87. The fourth-order valence-electron chi connectivity index (χ4n) is 3.92. The summed E-state index contributed by atoms with van der Waals surface area (Å²) in [4.78, 5) is 13.5. The van der Waals surface area contributed by atoms with Crippen LogP contribution in [-0.4, -0.2) is 22.7 Å². The molecular formula is C25H17F4N3O3. The smallest absolute Gasteiger partial charge is 0.416 e. The molecule has 0 fully saturated rings. The van der Waals surface area contributed by atoms with Gasteiger partial charge in [-0.25, -0.2) is 4.39 Å². The van der Waals surface area contributed by atoms with E-state index in [1.54, 1.807) is 24.3 Å². The number of nitrogens with zero attached hydrogens (tertiary/aromatic N) is 2. The summed E-state index contributed by atoms with van der Waals surface area (Å²) in [5.41, 5.74) is 0.130. The van der Waals surface area contributed by atoms with E-state index in [9.17, 15) is 22.4 Å². The lowest BCUT2D eigenvalue weighted by Gasteiger charge is -2.27. The molecule has 5 rings (SSSR count). The van der Waals surface area contributed by atoms with Crippen LogP contribution >= 0.6 is 0 Å². The zero-order chi connectivity index (χ0) is 24.6. The van der Waals surface area contributed by atoms with Crippen LogP contribution in [0.15, 0.2) is 66.7 Å². The van der Waals surface area contributed by atoms with Gasteiger partial charge < -0.3 is 14.8 Å². The molecule has 4 aromatic rings. The van der Waals surface area contributed by atoms with Crippen LogP contribution in [0.5, 0.6) is 17.4 Å². The van der Waals surface area contributed by atoms with E-state index in [-0.39, 0.29) is 23.8 Å². The SMILES string of the molecule is O=C(N[C@H]1CCOc2cc(F)ccc21)c1c(Oc2cccc(C(F)(F)F)c2)nnc2ccccc12. The van der Waals surface area contributed by atoms with Crippen LogP contribution in [0.1, 0.15) is 33.9 Å². The lowest BCUT2D eigenvalue weighted by Crippen LogP contribution is -2.32. The van der Waals surface area contributed by atoms with Gasteiger partial charge >= 0.3 is 6.18 Å². The number of hydrogen-bond donors (Lipinski definition) is 1. The Morgan fingerprint density at radius 2 is 1.86 bits per heavy atom. The van der Waals surface area contributed by atoms with Crippen molar-refractivity contribution in [3.63, 3.8) is 0 Å². The Morgan fingerprint density at radius 3 is 2.69 bits per heavy atom. The van der Waals surface area contributed by atoms with Crippen molar-refractivity contribution < 1.29 is 31.8 Å². The highest BCUT2D eigenvalue weighted by Gasteiger charge is 2.31. The standard InChI is InChI=1S/C25H17F4N3O3/c26-15-8-9-17-19(10-11-34-21(17)13-15)30-23(33)22-18-6-1-2-7-20(18)31-32-24(22)35-16-5-3-4-14(12-16)25(27,28)29/h1-9,12-13,19H,10-11H2,(H,30,33)/t19-/m0/s1. The molecule has 1 atom stereocenters. The van der Waals surface area contributed by atoms with Gasteiger partial charge in [0.05, 0.1) is 23.7 Å². The van der Waals surface area contributed by atoms with Crippen molar-refractivity contribution in [2.24, 2.45) is 0 Å². The Kier molecular flexibility index (Phi) is 5.72. The number of amides is 1. The number of hydrogen-bond acceptors (Lipinski definition) is 5. The van der Waals surface area contributed by atoms with Crippen molar-refractivity contribution in [2.75, 3.05) is 6.61 Å². The molecule has 0 unspecified atom stereocenters. The van der Waals surface area contributed by atoms with E-state index < -0.39 is 29.5 Å². The summed E-state index contributed by atoms with van der Waals surface area (Å²) in [5, 5.41) is 11.3. The fraction of sp³-hybridized carbons (Fsp3) is 0.160. The van der Waals surface area contributed by atoms with Crippen molar-refractivity contribution >= 4 is 16.8 Å². The number of carbonyl (C=O) groups is 1. The van der Waals surface area contributed by atoms with E-state index in [1.165, 1.54) is 30.3 Å². The maximum Gasteiger partial charge on any atom is 0.416 e. The maximum absolute atomic E-state index is 13.6. The molecular weight excluding hydrogens is 466 g/mol. The predicted octanol–water partition coefficient (Wildman–Crippen LogP) is 5.83. The summed E-state index contributed by atoms with van der Waals surface area (Å²) in [6.45, 7) is 0.268. The molecule has 1 aliphatic rings. The third-order valence-electron chi connectivity index (χ3n) is 5.56. The summed E-state index contributed by atoms with van der Waals surface area (Å²) in [6, 6.07) is 14.6. The number of alkyl halides is 3. The molecule has 0 spiro atoms. The number of ether oxygens (including phenoxy) is 2. The van der Waals surface area contributed by atoms with E-state index in [4.69, 9.17) is 9.47 Å². The summed E-state index contributed by atoms with van der Waals surface area (Å²) >= 11 is 0. The van der Waals surface area contributed by atoms with Gasteiger partial charge in [-0.3, -0.25) is 4.79 Å². The van der Waals surface area contributed by atoms with Crippen LogP contribution in [0.2, 0.25) is 0 Å². The number of rotatable bonds is 4. The Hall–Kier alpha value is -4.21. The number of fused-ring (bicyclic) bond motifs is 2. The lowest BCUT2D eigenvalue weighted by atomic mass is 9.99. The van der Waals surface area contributed by atoms with Crippen molar-refractivity contribution in [1.82, 2.24) is 15.5 Å². The second kappa shape index (κ2) is 8.86. The number of nitrogens with one attached hydrogen (secondary N) is 1. The molecule has 2 heterocycles. The average Bonchev–Trinajstić information content (AvgIpc) is 2.83. The summed E-state index contributed by atoms with van der Waals surface area (Å²) in [7, 11) is 0. The third kappa shape index (κ3) is 4.59. The van der Waals surface area contributed by atoms with Crippen LogP contribution in [0.3, 0.4) is 0 Å². The van der Waals surface area contributed by atoms with Crippen LogP contribution in [0.4, 0.5) is 17.6 Å². The maximum atomic E-state index is 13.6. The minimum Gasteiger partial charge on any atom is -0.493 e. The molecule has 0 saturated heterocycles. The molecule has 0 saturated carbocycles. The third-order valence-corrected chi connectivity index (χ3v) is 5.56. The number of aromatic nitrogens is 2. The van der Waals surface area contributed by atoms with E-state index in [2.05, 4.69) is 15.5 Å². The summed E-state index contributed by atoms with van der Waals surface area (Å²) < 4.78 is 64.2. The molecule has 1 amide bonds. The van der Waals surface area contributed by atoms with Gasteiger partial charge in [0, 0.05) is 23.4 Å². The largest absolute Gasteiger partial charge is 0.493 e. The first-order valence-electron chi connectivity index (χ1n) is 10.6. The first-order valence-corrected chi connectivity index (χ1v) is 10.6. The quantitative estimate of drug-likeness (QED) is 0.370. The van der Waals surface area contributed by atoms with Crippen LogP contribution in [-0.2, 0) is 6.18 Å². The fourth-order valence-corrected chi connectivity index (χ4v) is 3.92. The molecule has 6 nitrogen and oxygen atoms in total. The number of halogens is 4. The molecule has 1 N–H and O–H groups in total. The van der Waals surface area contributed by atoms with Gasteiger partial charge in [0.2, 0.25) is 0 Å². The predicted molar refractivity (Wildman–Crippen MR) is 118 cm³/mol. The normalized spacial score (nSPS) is 15.3. The zero-order valence-corrected chi connectivity index (χ0v) is 18.0. The molecule has 1 aromatic heterocycles. The molecule has 35 heavy (non-hydrogen) atoms. The summed E-state index contributed by atoms with van der Waals surface area (Å²) in [6.07, 6.45) is -4.13. The molecule has 0 radical (unpaired) electrons. The van der Waals surface area contributed by atoms with Gasteiger partial charge in [0.1, 0.15) is 22.9 Å². The van der Waals surface area contributed by atoms with Crippen molar-refractivity contribution in [2.45, 2.75) is 18.6 Å².